The van der Waals surface area contributed by atoms with Crippen LogP contribution in [-0.2, 0) is 10.0 Å². The van der Waals surface area contributed by atoms with Crippen LogP contribution in [0.5, 0.6) is 0 Å². The van der Waals surface area contributed by atoms with E-state index in [1.807, 2.05) is 31.2 Å². The summed E-state index contributed by atoms with van der Waals surface area (Å²) in [5.74, 6) is 4.19. The molecule has 1 aliphatic heterocycles. The molecule has 0 bridgehead atoms. The number of carbonyl (C=O) groups excluding carboxylic acids is 1. The maximum absolute atomic E-state index is 14.1. The summed E-state index contributed by atoms with van der Waals surface area (Å²) < 4.78 is 39.8. The second-order valence-electron chi connectivity index (χ2n) is 8.89. The zero-order valence-electron chi connectivity index (χ0n) is 20.3. The highest BCUT2D eigenvalue weighted by molar-refractivity contribution is 7.89. The van der Waals surface area contributed by atoms with Gasteiger partial charge in [0.25, 0.3) is 15.9 Å². The SMILES string of the molecule is CC=CN1CCC(c2ccnc(-c3cc(C)cc(C(=O)N(N)S(=O)(=O)c4ccccc4F)c3)c2)CC1. The van der Waals surface area contributed by atoms with Crippen molar-refractivity contribution >= 4 is 15.9 Å². The Balaban J connectivity index is 1.61. The Morgan fingerprint density at radius 2 is 1.86 bits per heavy atom. The van der Waals surface area contributed by atoms with Gasteiger partial charge in [-0.2, -0.15) is 12.8 Å². The summed E-state index contributed by atoms with van der Waals surface area (Å²) in [4.78, 5) is 19.2. The average Bonchev–Trinajstić information content (AvgIpc) is 2.88. The fraction of sp³-hybridized carbons (Fsp3) is 0.259. The van der Waals surface area contributed by atoms with E-state index in [1.54, 1.807) is 25.3 Å². The van der Waals surface area contributed by atoms with Crippen molar-refractivity contribution in [3.8, 4) is 11.3 Å². The van der Waals surface area contributed by atoms with Crippen LogP contribution in [0.2, 0.25) is 0 Å². The Kier molecular flexibility index (Phi) is 7.51. The van der Waals surface area contributed by atoms with Crippen LogP contribution < -0.4 is 5.84 Å². The van der Waals surface area contributed by atoms with Crippen LogP contribution in [0.25, 0.3) is 11.3 Å². The highest BCUT2D eigenvalue weighted by atomic mass is 32.2. The minimum absolute atomic E-state index is 0.0688. The topological polar surface area (TPSA) is 96.6 Å². The van der Waals surface area contributed by atoms with E-state index < -0.39 is 26.6 Å². The molecule has 1 fully saturated rings. The number of hydrogen-bond acceptors (Lipinski definition) is 6. The largest absolute Gasteiger partial charge is 0.378 e. The van der Waals surface area contributed by atoms with Crippen molar-refractivity contribution in [2.45, 2.75) is 37.5 Å². The maximum atomic E-state index is 14.1. The smallest absolute Gasteiger partial charge is 0.283 e. The first-order valence-electron chi connectivity index (χ1n) is 11.7. The summed E-state index contributed by atoms with van der Waals surface area (Å²) in [5.41, 5.74) is 3.33. The fourth-order valence-corrected chi connectivity index (χ4v) is 5.60. The summed E-state index contributed by atoms with van der Waals surface area (Å²) in [6.07, 6.45) is 7.98. The molecule has 1 amide bonds. The van der Waals surface area contributed by atoms with Gasteiger partial charge in [0.15, 0.2) is 0 Å². The molecule has 0 saturated carbocycles. The molecule has 1 aromatic heterocycles. The number of pyridine rings is 1. The Morgan fingerprint density at radius 1 is 1.14 bits per heavy atom. The Labute approximate surface area is 211 Å². The van der Waals surface area contributed by atoms with Crippen LogP contribution in [0.15, 0.2) is 78.0 Å². The number of carbonyl (C=O) groups is 1. The summed E-state index contributed by atoms with van der Waals surface area (Å²) in [5, 5.41) is 0. The number of aromatic nitrogens is 1. The molecule has 1 aliphatic rings. The minimum atomic E-state index is -4.58. The number of nitrogens with zero attached hydrogens (tertiary/aromatic N) is 3. The van der Waals surface area contributed by atoms with Crippen molar-refractivity contribution in [1.29, 1.82) is 0 Å². The second kappa shape index (κ2) is 10.6. The van der Waals surface area contributed by atoms with Gasteiger partial charge in [-0.1, -0.05) is 18.2 Å². The van der Waals surface area contributed by atoms with Crippen molar-refractivity contribution < 1.29 is 17.6 Å². The van der Waals surface area contributed by atoms with E-state index in [4.69, 9.17) is 5.84 Å². The maximum Gasteiger partial charge on any atom is 0.283 e. The van der Waals surface area contributed by atoms with Crippen molar-refractivity contribution in [2.75, 3.05) is 13.1 Å². The molecule has 2 heterocycles. The molecule has 3 aromatic rings. The Hall–Kier alpha value is -3.56. The Morgan fingerprint density at radius 3 is 2.56 bits per heavy atom. The predicted octanol–water partition coefficient (Wildman–Crippen LogP) is 4.61. The molecule has 188 valence electrons. The molecular formula is C27H29FN4O3S. The van der Waals surface area contributed by atoms with Gasteiger partial charge in [0.05, 0.1) is 5.69 Å². The number of amides is 1. The van der Waals surface area contributed by atoms with Crippen LogP contribution in [0.3, 0.4) is 0 Å². The molecule has 36 heavy (non-hydrogen) atoms. The van der Waals surface area contributed by atoms with Gasteiger partial charge in [0.2, 0.25) is 0 Å². The van der Waals surface area contributed by atoms with Gasteiger partial charge in [-0.3, -0.25) is 9.78 Å². The molecule has 4 rings (SSSR count). The van der Waals surface area contributed by atoms with Crippen LogP contribution in [0.1, 0.15) is 47.2 Å². The van der Waals surface area contributed by atoms with Gasteiger partial charge in [0, 0.05) is 30.4 Å². The minimum Gasteiger partial charge on any atom is -0.378 e. The second-order valence-corrected chi connectivity index (χ2v) is 10.7. The molecule has 0 unspecified atom stereocenters. The van der Waals surface area contributed by atoms with Crippen molar-refractivity contribution in [1.82, 2.24) is 14.3 Å². The van der Waals surface area contributed by atoms with Crippen molar-refractivity contribution in [3.63, 3.8) is 0 Å². The third kappa shape index (κ3) is 5.32. The van der Waals surface area contributed by atoms with E-state index in [0.717, 1.165) is 43.6 Å². The lowest BCUT2D eigenvalue weighted by Crippen LogP contribution is -2.42. The van der Waals surface area contributed by atoms with E-state index in [0.29, 0.717) is 17.2 Å². The summed E-state index contributed by atoms with van der Waals surface area (Å²) in [6, 6.07) is 13.8. The lowest BCUT2D eigenvalue weighted by Gasteiger charge is -2.31. The molecule has 0 aliphatic carbocycles. The molecule has 0 spiro atoms. The van der Waals surface area contributed by atoms with Crippen LogP contribution >= 0.6 is 0 Å². The van der Waals surface area contributed by atoms with Crippen molar-refractivity contribution in [3.05, 3.63) is 95.6 Å². The summed E-state index contributed by atoms with van der Waals surface area (Å²) >= 11 is 0. The number of likely N-dealkylation sites (tertiary alicyclic amines) is 1. The fourth-order valence-electron chi connectivity index (χ4n) is 4.50. The van der Waals surface area contributed by atoms with E-state index in [2.05, 4.69) is 16.1 Å². The normalized spacial score (nSPS) is 14.8. The van der Waals surface area contributed by atoms with Gasteiger partial charge in [-0.25, -0.2) is 10.2 Å². The zero-order valence-corrected chi connectivity index (χ0v) is 21.1. The van der Waals surface area contributed by atoms with Gasteiger partial charge in [-0.15, -0.1) is 0 Å². The Bertz CT molecular complexity index is 1400. The van der Waals surface area contributed by atoms with Gasteiger partial charge in [0.1, 0.15) is 10.7 Å². The van der Waals surface area contributed by atoms with Gasteiger partial charge >= 0.3 is 0 Å². The van der Waals surface area contributed by atoms with E-state index in [1.165, 1.54) is 17.7 Å². The molecular weight excluding hydrogens is 479 g/mol. The van der Waals surface area contributed by atoms with Crippen molar-refractivity contribution in [2.24, 2.45) is 5.84 Å². The first-order valence-corrected chi connectivity index (χ1v) is 13.2. The number of piperidine rings is 1. The number of halogens is 1. The number of nitrogens with two attached hydrogens (primary N) is 1. The number of allylic oxidation sites excluding steroid dienone is 1. The highest BCUT2D eigenvalue weighted by Crippen LogP contribution is 2.31. The molecule has 9 heteroatoms. The monoisotopic (exact) mass is 508 g/mol. The molecule has 1 saturated heterocycles. The third-order valence-electron chi connectivity index (χ3n) is 6.34. The van der Waals surface area contributed by atoms with Crippen LogP contribution in [0.4, 0.5) is 4.39 Å². The van der Waals surface area contributed by atoms with Gasteiger partial charge in [-0.05, 0) is 92.4 Å². The summed E-state index contributed by atoms with van der Waals surface area (Å²) in [7, 11) is -4.58. The number of benzene rings is 2. The lowest BCUT2D eigenvalue weighted by atomic mass is 9.89. The lowest BCUT2D eigenvalue weighted by molar-refractivity contribution is 0.0861. The van der Waals surface area contributed by atoms with Crippen LogP contribution in [0, 0.1) is 12.7 Å². The quantitative estimate of drug-likeness (QED) is 0.297. The predicted molar refractivity (Wildman–Crippen MR) is 137 cm³/mol. The number of hydrogen-bond donors (Lipinski definition) is 1. The molecule has 2 N–H and O–H groups in total. The number of sulfonamides is 1. The standard InChI is InChI=1S/C27H29FN4O3S/c1-3-12-31-13-9-20(10-14-31)21-8-11-30-25(18-21)22-15-19(2)16-23(17-22)27(33)32(29)36(34,35)26-7-5-4-6-24(26)28/h3-8,11-12,15-18,20H,9-10,13-14,29H2,1-2H3. The number of hydrazine groups is 1. The average molecular weight is 509 g/mol. The first-order chi connectivity index (χ1) is 17.2. The van der Waals surface area contributed by atoms with E-state index in [-0.39, 0.29) is 9.98 Å². The van der Waals surface area contributed by atoms with Crippen LogP contribution in [-0.4, -0.2) is 41.7 Å². The molecule has 2 aromatic carbocycles. The van der Waals surface area contributed by atoms with E-state index >= 15 is 0 Å². The summed E-state index contributed by atoms with van der Waals surface area (Å²) in [6.45, 7) is 5.78. The first kappa shape index (κ1) is 25.5. The number of aryl methyl sites for hydroxylation is 1. The third-order valence-corrected chi connectivity index (χ3v) is 7.91. The number of rotatable bonds is 6. The zero-order chi connectivity index (χ0) is 25.9. The molecule has 0 atom stereocenters. The van der Waals surface area contributed by atoms with E-state index in [9.17, 15) is 17.6 Å². The van der Waals surface area contributed by atoms with Gasteiger partial charge < -0.3 is 4.90 Å². The highest BCUT2D eigenvalue weighted by Gasteiger charge is 2.30. The molecule has 7 nitrogen and oxygen atoms in total. The molecule has 0 radical (unpaired) electrons.